The lowest BCUT2D eigenvalue weighted by atomic mass is 10.2. The van der Waals surface area contributed by atoms with Gasteiger partial charge in [0.05, 0.1) is 22.0 Å². The van der Waals surface area contributed by atoms with Gasteiger partial charge in [0.25, 0.3) is 11.4 Å². The van der Waals surface area contributed by atoms with Gasteiger partial charge >= 0.3 is 0 Å². The van der Waals surface area contributed by atoms with Crippen molar-refractivity contribution in [1.29, 1.82) is 0 Å². The molecule has 0 aliphatic heterocycles. The minimum absolute atomic E-state index is 0.0521. The summed E-state index contributed by atoms with van der Waals surface area (Å²) >= 11 is 0. The maximum Gasteiger partial charge on any atom is 0.299 e. The van der Waals surface area contributed by atoms with Gasteiger partial charge in [-0.3, -0.25) is 25.0 Å². The minimum atomic E-state index is -0.931. The van der Waals surface area contributed by atoms with Crippen molar-refractivity contribution >= 4 is 23.3 Å². The average molecular weight is 253 g/mol. The smallest absolute Gasteiger partial charge is 0.299 e. The first-order valence-corrected chi connectivity index (χ1v) is 4.75. The van der Waals surface area contributed by atoms with E-state index in [2.05, 4.69) is 5.32 Å². The predicted octanol–water partition coefficient (Wildman–Crippen LogP) is 0.352. The fourth-order valence-electron chi connectivity index (χ4n) is 1.20. The van der Waals surface area contributed by atoms with Gasteiger partial charge in [-0.15, -0.1) is 0 Å². The van der Waals surface area contributed by atoms with E-state index in [-0.39, 0.29) is 12.2 Å². The van der Waals surface area contributed by atoms with Gasteiger partial charge in [0.1, 0.15) is 5.69 Å². The Kier molecular flexibility index (Phi) is 4.27. The van der Waals surface area contributed by atoms with Gasteiger partial charge in [0, 0.05) is 12.6 Å². The van der Waals surface area contributed by atoms with E-state index in [1.807, 2.05) is 0 Å². The fraction of sp³-hybridized carbons (Fsp3) is 0.222. The molecule has 0 fully saturated rings. The topological polar surface area (TPSA) is 141 Å². The van der Waals surface area contributed by atoms with Crippen LogP contribution in [0.2, 0.25) is 0 Å². The summed E-state index contributed by atoms with van der Waals surface area (Å²) in [5, 5.41) is 23.8. The SMILES string of the molecule is NC([C]=O)CNc1ccc([N+](=O)[O-])cc1[N+](=O)[O-]. The maximum absolute atomic E-state index is 10.7. The molecule has 0 saturated heterocycles. The molecule has 0 bridgehead atoms. The van der Waals surface area contributed by atoms with Crippen molar-refractivity contribution in [2.75, 3.05) is 11.9 Å². The molecule has 95 valence electrons. The zero-order chi connectivity index (χ0) is 13.7. The van der Waals surface area contributed by atoms with E-state index in [0.717, 1.165) is 12.1 Å². The Morgan fingerprint density at radius 1 is 1.33 bits per heavy atom. The number of nitro benzene ring substituents is 2. The highest BCUT2D eigenvalue weighted by Crippen LogP contribution is 2.28. The van der Waals surface area contributed by atoms with Gasteiger partial charge < -0.3 is 11.1 Å². The van der Waals surface area contributed by atoms with Crippen LogP contribution < -0.4 is 11.1 Å². The van der Waals surface area contributed by atoms with Crippen molar-refractivity contribution in [2.45, 2.75) is 6.04 Å². The fourth-order valence-corrected chi connectivity index (χ4v) is 1.20. The lowest BCUT2D eigenvalue weighted by molar-refractivity contribution is -0.393. The number of nitrogens with one attached hydrogen (secondary N) is 1. The van der Waals surface area contributed by atoms with Crippen LogP contribution in [-0.2, 0) is 4.79 Å². The molecule has 1 aromatic rings. The zero-order valence-corrected chi connectivity index (χ0v) is 9.03. The van der Waals surface area contributed by atoms with Gasteiger partial charge in [-0.05, 0) is 6.07 Å². The third-order valence-electron chi connectivity index (χ3n) is 2.05. The lowest BCUT2D eigenvalue weighted by Gasteiger charge is -2.07. The van der Waals surface area contributed by atoms with Crippen molar-refractivity contribution in [3.63, 3.8) is 0 Å². The van der Waals surface area contributed by atoms with E-state index in [0.29, 0.717) is 0 Å². The molecule has 0 spiro atoms. The van der Waals surface area contributed by atoms with Gasteiger partial charge in [-0.2, -0.15) is 0 Å². The molecule has 0 amide bonds. The number of carbonyl (C=O) groups excluding carboxylic acids is 1. The summed E-state index contributed by atoms with van der Waals surface area (Å²) in [6.45, 7) is -0.0534. The first-order valence-electron chi connectivity index (χ1n) is 4.75. The van der Waals surface area contributed by atoms with Crippen LogP contribution in [-0.4, -0.2) is 28.7 Å². The molecule has 0 aromatic heterocycles. The van der Waals surface area contributed by atoms with Crippen molar-refractivity contribution in [2.24, 2.45) is 5.73 Å². The monoisotopic (exact) mass is 253 g/mol. The predicted molar refractivity (Wildman–Crippen MR) is 61.9 cm³/mol. The maximum atomic E-state index is 10.7. The average Bonchev–Trinajstić information content (AvgIpc) is 2.35. The molecule has 0 saturated carbocycles. The van der Waals surface area contributed by atoms with Gasteiger partial charge in [0.15, 0.2) is 0 Å². The van der Waals surface area contributed by atoms with E-state index in [1.54, 1.807) is 0 Å². The Morgan fingerprint density at radius 2 is 2.00 bits per heavy atom. The molecule has 1 aromatic carbocycles. The summed E-state index contributed by atoms with van der Waals surface area (Å²) in [5.74, 6) is 0. The second kappa shape index (κ2) is 5.68. The summed E-state index contributed by atoms with van der Waals surface area (Å²) in [7, 11) is 0. The van der Waals surface area contributed by atoms with Crippen molar-refractivity contribution in [3.8, 4) is 0 Å². The molecular formula is C9H9N4O5. The molecule has 9 nitrogen and oxygen atoms in total. The normalized spacial score (nSPS) is 11.6. The summed E-state index contributed by atoms with van der Waals surface area (Å²) in [5.41, 5.74) is 4.47. The molecule has 1 rings (SSSR count). The summed E-state index contributed by atoms with van der Waals surface area (Å²) < 4.78 is 0. The molecule has 1 unspecified atom stereocenters. The molecule has 9 heteroatoms. The van der Waals surface area contributed by atoms with E-state index in [1.165, 1.54) is 12.4 Å². The van der Waals surface area contributed by atoms with Crippen LogP contribution in [0.25, 0.3) is 0 Å². The lowest BCUT2D eigenvalue weighted by Crippen LogP contribution is -2.30. The minimum Gasteiger partial charge on any atom is -0.377 e. The Labute approximate surface area is 101 Å². The number of rotatable bonds is 6. The Balaban J connectivity index is 3.00. The number of hydrogen-bond donors (Lipinski definition) is 2. The Hall–Kier alpha value is -2.55. The number of anilines is 1. The highest BCUT2D eigenvalue weighted by atomic mass is 16.6. The Morgan fingerprint density at radius 3 is 2.50 bits per heavy atom. The highest BCUT2D eigenvalue weighted by Gasteiger charge is 2.19. The van der Waals surface area contributed by atoms with Crippen molar-refractivity contribution in [3.05, 3.63) is 38.4 Å². The molecule has 0 aliphatic rings. The summed E-state index contributed by atoms with van der Waals surface area (Å²) in [4.78, 5) is 29.9. The number of hydrogen-bond acceptors (Lipinski definition) is 7. The summed E-state index contributed by atoms with van der Waals surface area (Å²) in [6, 6.07) is 2.21. The molecule has 1 atom stereocenters. The molecule has 18 heavy (non-hydrogen) atoms. The van der Waals surface area contributed by atoms with Crippen molar-refractivity contribution < 1.29 is 14.6 Å². The number of benzene rings is 1. The number of nitrogens with two attached hydrogens (primary N) is 1. The van der Waals surface area contributed by atoms with E-state index in [9.17, 15) is 25.0 Å². The third kappa shape index (κ3) is 3.22. The zero-order valence-electron chi connectivity index (χ0n) is 9.03. The molecule has 0 heterocycles. The number of nitro groups is 2. The van der Waals surface area contributed by atoms with Crippen molar-refractivity contribution in [1.82, 2.24) is 0 Å². The van der Waals surface area contributed by atoms with Crippen LogP contribution in [0.4, 0.5) is 17.1 Å². The van der Waals surface area contributed by atoms with Crippen LogP contribution >= 0.6 is 0 Å². The van der Waals surface area contributed by atoms with Gasteiger partial charge in [0.2, 0.25) is 6.29 Å². The summed E-state index contributed by atoms with van der Waals surface area (Å²) in [6.07, 6.45) is 1.50. The second-order valence-electron chi connectivity index (χ2n) is 3.32. The van der Waals surface area contributed by atoms with Crippen LogP contribution in [0, 0.1) is 20.2 Å². The van der Waals surface area contributed by atoms with Gasteiger partial charge in [-0.25, -0.2) is 0 Å². The molecule has 3 N–H and O–H groups in total. The van der Waals surface area contributed by atoms with Crippen LogP contribution in [0.1, 0.15) is 0 Å². The van der Waals surface area contributed by atoms with Crippen LogP contribution in [0.15, 0.2) is 18.2 Å². The number of non-ortho nitro benzene ring substituents is 1. The second-order valence-corrected chi connectivity index (χ2v) is 3.32. The quantitative estimate of drug-likeness (QED) is 0.550. The first kappa shape index (κ1) is 13.5. The largest absolute Gasteiger partial charge is 0.377 e. The molecule has 0 aliphatic carbocycles. The Bertz CT molecular complexity index is 490. The number of nitrogens with zero attached hydrogens (tertiary/aromatic N) is 2. The third-order valence-corrected chi connectivity index (χ3v) is 2.05. The van der Waals surface area contributed by atoms with E-state index >= 15 is 0 Å². The van der Waals surface area contributed by atoms with Crippen LogP contribution in [0.5, 0.6) is 0 Å². The standard InChI is InChI=1S/C9H9N4O5/c10-6(5-14)4-11-8-2-1-7(12(15)16)3-9(8)13(17)18/h1-3,6,11H,4,10H2. The molecular weight excluding hydrogens is 244 g/mol. The van der Waals surface area contributed by atoms with Gasteiger partial charge in [-0.1, -0.05) is 0 Å². The van der Waals surface area contributed by atoms with E-state index < -0.39 is 27.3 Å². The van der Waals surface area contributed by atoms with Crippen LogP contribution in [0.3, 0.4) is 0 Å². The highest BCUT2D eigenvalue weighted by molar-refractivity contribution is 5.66. The molecule has 1 radical (unpaired) electrons. The van der Waals surface area contributed by atoms with E-state index in [4.69, 9.17) is 5.73 Å². The first-order chi connectivity index (χ1) is 8.45.